The molecule has 0 spiro atoms. The molecule has 106 valence electrons. The van der Waals surface area contributed by atoms with Gasteiger partial charge in [0.15, 0.2) is 0 Å². The molecule has 19 heavy (non-hydrogen) atoms. The van der Waals surface area contributed by atoms with Crippen LogP contribution in [0.5, 0.6) is 0 Å². The third-order valence-electron chi connectivity index (χ3n) is 4.17. The van der Waals surface area contributed by atoms with Gasteiger partial charge in [-0.25, -0.2) is 0 Å². The largest absolute Gasteiger partial charge is 0.380 e. The second-order valence-electron chi connectivity index (χ2n) is 5.81. The Morgan fingerprint density at radius 1 is 1.26 bits per heavy atom. The van der Waals surface area contributed by atoms with Crippen LogP contribution in [0.3, 0.4) is 0 Å². The fourth-order valence-corrected chi connectivity index (χ4v) is 3.15. The zero-order valence-corrected chi connectivity index (χ0v) is 12.3. The van der Waals surface area contributed by atoms with Crippen LogP contribution in [-0.4, -0.2) is 37.2 Å². The Morgan fingerprint density at radius 3 is 2.47 bits per heavy atom. The van der Waals surface area contributed by atoms with Gasteiger partial charge >= 0.3 is 0 Å². The zero-order valence-electron chi connectivity index (χ0n) is 12.3. The molecule has 0 saturated carbocycles. The minimum absolute atomic E-state index is 0.0665. The number of nitrogens with two attached hydrogens (primary N) is 1. The van der Waals surface area contributed by atoms with Crippen molar-refractivity contribution in [2.45, 2.75) is 38.5 Å². The van der Waals surface area contributed by atoms with Crippen molar-refractivity contribution in [3.63, 3.8) is 0 Å². The van der Waals surface area contributed by atoms with Crippen molar-refractivity contribution < 1.29 is 4.74 Å². The minimum atomic E-state index is 0.0665. The van der Waals surface area contributed by atoms with Gasteiger partial charge in [0.25, 0.3) is 0 Å². The smallest absolute Gasteiger partial charge is 0.0710 e. The second kappa shape index (κ2) is 6.51. The third kappa shape index (κ3) is 3.35. The van der Waals surface area contributed by atoms with Gasteiger partial charge < -0.3 is 10.5 Å². The summed E-state index contributed by atoms with van der Waals surface area (Å²) in [5.41, 5.74) is 7.75. The van der Waals surface area contributed by atoms with Crippen molar-refractivity contribution in [2.24, 2.45) is 11.7 Å². The normalized spacial score (nSPS) is 23.7. The molecule has 0 amide bonds. The number of benzene rings is 1. The molecule has 2 rings (SSSR count). The summed E-state index contributed by atoms with van der Waals surface area (Å²) in [6.45, 7) is 6.60. The standard InChI is InChI=1S/C16H26N2O/c1-12(2)16(18-10-9-14(11-18)19-3)15(17)13-7-5-4-6-8-13/h4-8,12,14-16H,9-11,17H2,1-3H3. The van der Waals surface area contributed by atoms with Gasteiger partial charge in [-0.15, -0.1) is 0 Å². The Morgan fingerprint density at radius 2 is 1.95 bits per heavy atom. The van der Waals surface area contributed by atoms with E-state index in [2.05, 4.69) is 43.0 Å². The van der Waals surface area contributed by atoms with Crippen LogP contribution in [0.1, 0.15) is 31.9 Å². The first kappa shape index (κ1) is 14.5. The molecule has 1 aliphatic rings. The van der Waals surface area contributed by atoms with Gasteiger partial charge in [-0.3, -0.25) is 4.90 Å². The quantitative estimate of drug-likeness (QED) is 0.885. The van der Waals surface area contributed by atoms with Gasteiger partial charge in [0.2, 0.25) is 0 Å². The minimum Gasteiger partial charge on any atom is -0.380 e. The van der Waals surface area contributed by atoms with E-state index in [4.69, 9.17) is 10.5 Å². The number of hydrogen-bond acceptors (Lipinski definition) is 3. The molecule has 0 aromatic heterocycles. The average Bonchev–Trinajstić information content (AvgIpc) is 2.88. The zero-order chi connectivity index (χ0) is 13.8. The molecule has 1 aliphatic heterocycles. The van der Waals surface area contributed by atoms with Crippen LogP contribution < -0.4 is 5.73 Å². The summed E-state index contributed by atoms with van der Waals surface area (Å²) in [7, 11) is 1.80. The van der Waals surface area contributed by atoms with E-state index in [1.807, 2.05) is 6.07 Å². The van der Waals surface area contributed by atoms with Crippen LogP contribution in [0.4, 0.5) is 0 Å². The molecule has 1 fully saturated rings. The highest BCUT2D eigenvalue weighted by Gasteiger charge is 2.33. The monoisotopic (exact) mass is 262 g/mol. The predicted octanol–water partition coefficient (Wildman–Crippen LogP) is 2.43. The molecule has 3 unspecified atom stereocenters. The Kier molecular flexibility index (Phi) is 4.97. The molecule has 0 radical (unpaired) electrons. The number of hydrogen-bond donors (Lipinski definition) is 1. The Bertz CT molecular complexity index is 380. The van der Waals surface area contributed by atoms with Gasteiger partial charge in [-0.2, -0.15) is 0 Å². The molecule has 3 atom stereocenters. The van der Waals surface area contributed by atoms with E-state index in [1.54, 1.807) is 7.11 Å². The van der Waals surface area contributed by atoms with Crippen molar-refractivity contribution in [1.29, 1.82) is 0 Å². The SMILES string of the molecule is COC1CCN(C(C(C)C)C(N)c2ccccc2)C1. The molecule has 3 heteroatoms. The molecule has 1 heterocycles. The van der Waals surface area contributed by atoms with Crippen molar-refractivity contribution in [3.05, 3.63) is 35.9 Å². The Balaban J connectivity index is 2.12. The highest BCUT2D eigenvalue weighted by Crippen LogP contribution is 2.28. The number of rotatable bonds is 5. The van der Waals surface area contributed by atoms with Crippen molar-refractivity contribution in [3.8, 4) is 0 Å². The maximum atomic E-state index is 6.52. The van der Waals surface area contributed by atoms with Crippen molar-refractivity contribution in [1.82, 2.24) is 4.90 Å². The van der Waals surface area contributed by atoms with Gasteiger partial charge in [0.1, 0.15) is 0 Å². The first-order chi connectivity index (χ1) is 9.13. The molecule has 1 saturated heterocycles. The first-order valence-corrected chi connectivity index (χ1v) is 7.21. The average molecular weight is 262 g/mol. The summed E-state index contributed by atoms with van der Waals surface area (Å²) >= 11 is 0. The van der Waals surface area contributed by atoms with E-state index < -0.39 is 0 Å². The first-order valence-electron chi connectivity index (χ1n) is 7.21. The lowest BCUT2D eigenvalue weighted by Crippen LogP contribution is -2.45. The summed E-state index contributed by atoms with van der Waals surface area (Å²) in [6, 6.07) is 10.9. The number of methoxy groups -OCH3 is 1. The van der Waals surface area contributed by atoms with E-state index in [-0.39, 0.29) is 6.04 Å². The van der Waals surface area contributed by atoms with E-state index in [0.29, 0.717) is 18.1 Å². The van der Waals surface area contributed by atoms with Crippen molar-refractivity contribution >= 4 is 0 Å². The van der Waals surface area contributed by atoms with E-state index in [1.165, 1.54) is 5.56 Å². The van der Waals surface area contributed by atoms with Gasteiger partial charge in [-0.05, 0) is 17.9 Å². The molecule has 1 aromatic rings. The second-order valence-corrected chi connectivity index (χ2v) is 5.81. The van der Waals surface area contributed by atoms with E-state index in [0.717, 1.165) is 19.5 Å². The Hall–Kier alpha value is -0.900. The molecular weight excluding hydrogens is 236 g/mol. The molecule has 0 aliphatic carbocycles. The lowest BCUT2D eigenvalue weighted by atomic mass is 9.90. The van der Waals surface area contributed by atoms with Crippen LogP contribution in [-0.2, 0) is 4.74 Å². The van der Waals surface area contributed by atoms with Crippen LogP contribution in [0.25, 0.3) is 0 Å². The lowest BCUT2D eigenvalue weighted by Gasteiger charge is -2.36. The van der Waals surface area contributed by atoms with Crippen LogP contribution >= 0.6 is 0 Å². The highest BCUT2D eigenvalue weighted by atomic mass is 16.5. The third-order valence-corrected chi connectivity index (χ3v) is 4.17. The van der Waals surface area contributed by atoms with E-state index in [9.17, 15) is 0 Å². The fraction of sp³-hybridized carbons (Fsp3) is 0.625. The Labute approximate surface area is 116 Å². The van der Waals surface area contributed by atoms with Crippen molar-refractivity contribution in [2.75, 3.05) is 20.2 Å². The maximum Gasteiger partial charge on any atom is 0.0710 e. The van der Waals surface area contributed by atoms with E-state index >= 15 is 0 Å². The number of ether oxygens (including phenoxy) is 1. The number of likely N-dealkylation sites (tertiary alicyclic amines) is 1. The number of nitrogens with zero attached hydrogens (tertiary/aromatic N) is 1. The molecular formula is C16H26N2O. The van der Waals surface area contributed by atoms with Gasteiger partial charge in [0.05, 0.1) is 6.10 Å². The summed E-state index contributed by atoms with van der Waals surface area (Å²) in [4.78, 5) is 2.50. The lowest BCUT2D eigenvalue weighted by molar-refractivity contribution is 0.0887. The predicted molar refractivity (Wildman–Crippen MR) is 79.0 cm³/mol. The van der Waals surface area contributed by atoms with Crippen LogP contribution in [0.15, 0.2) is 30.3 Å². The fourth-order valence-electron chi connectivity index (χ4n) is 3.15. The molecule has 2 N–H and O–H groups in total. The maximum absolute atomic E-state index is 6.52. The summed E-state index contributed by atoms with van der Waals surface area (Å²) in [5, 5.41) is 0. The molecule has 1 aromatic carbocycles. The summed E-state index contributed by atoms with van der Waals surface area (Å²) in [6.07, 6.45) is 1.48. The molecule has 3 nitrogen and oxygen atoms in total. The van der Waals surface area contributed by atoms with Crippen LogP contribution in [0, 0.1) is 5.92 Å². The topological polar surface area (TPSA) is 38.5 Å². The van der Waals surface area contributed by atoms with Gasteiger partial charge in [-0.1, -0.05) is 44.2 Å². The highest BCUT2D eigenvalue weighted by molar-refractivity contribution is 5.20. The summed E-state index contributed by atoms with van der Waals surface area (Å²) < 4.78 is 5.47. The molecule has 0 bridgehead atoms. The summed E-state index contributed by atoms with van der Waals surface area (Å²) in [5.74, 6) is 0.533. The van der Waals surface area contributed by atoms with Crippen LogP contribution in [0.2, 0.25) is 0 Å². The van der Waals surface area contributed by atoms with Gasteiger partial charge in [0, 0.05) is 32.3 Å².